The van der Waals surface area contributed by atoms with Crippen molar-refractivity contribution in [3.63, 3.8) is 0 Å². The van der Waals surface area contributed by atoms with E-state index in [0.717, 1.165) is 5.56 Å². The molecule has 0 N–H and O–H groups in total. The molecule has 0 amide bonds. The zero-order chi connectivity index (χ0) is 11.5. The van der Waals surface area contributed by atoms with Gasteiger partial charge >= 0.3 is 0 Å². The summed E-state index contributed by atoms with van der Waals surface area (Å²) in [6, 6.07) is 4.57. The number of aldehydes is 1. The number of aromatic nitrogens is 3. The summed E-state index contributed by atoms with van der Waals surface area (Å²) >= 11 is 3.20. The van der Waals surface area contributed by atoms with Gasteiger partial charge < -0.3 is 0 Å². The number of carbonyl (C=O) groups is 1. The highest BCUT2D eigenvalue weighted by atomic mass is 79.9. The summed E-state index contributed by atoms with van der Waals surface area (Å²) in [5.74, 6) is -0.319. The Labute approximate surface area is 99.2 Å². The van der Waals surface area contributed by atoms with Crippen LogP contribution in [0.25, 0.3) is 0 Å². The number of rotatable bonds is 3. The fourth-order valence-electron chi connectivity index (χ4n) is 1.33. The molecule has 0 aliphatic heterocycles. The molecule has 0 saturated heterocycles. The van der Waals surface area contributed by atoms with Crippen LogP contribution in [0.2, 0.25) is 0 Å². The minimum Gasteiger partial charge on any atom is -0.296 e. The highest BCUT2D eigenvalue weighted by Crippen LogP contribution is 2.15. The fraction of sp³-hybridized carbons (Fsp3) is 0.100. The fourth-order valence-corrected chi connectivity index (χ4v) is 1.85. The van der Waals surface area contributed by atoms with Crippen LogP contribution in [0.15, 0.2) is 28.9 Å². The Kier molecular flexibility index (Phi) is 3.09. The Bertz CT molecular complexity index is 506. The smallest absolute Gasteiger partial charge is 0.171 e. The second-order valence-corrected chi connectivity index (χ2v) is 4.15. The number of hydrogen-bond acceptors (Lipinski definition) is 3. The van der Waals surface area contributed by atoms with Gasteiger partial charge in [-0.1, -0.05) is 21.1 Å². The second-order valence-electron chi connectivity index (χ2n) is 3.24. The molecule has 0 bridgehead atoms. The van der Waals surface area contributed by atoms with E-state index in [-0.39, 0.29) is 11.5 Å². The van der Waals surface area contributed by atoms with E-state index in [1.165, 1.54) is 23.0 Å². The zero-order valence-electron chi connectivity index (χ0n) is 8.10. The minimum atomic E-state index is -0.319. The molecule has 82 valence electrons. The molecule has 4 nitrogen and oxygen atoms in total. The van der Waals surface area contributed by atoms with Crippen LogP contribution in [-0.2, 0) is 6.54 Å². The first-order chi connectivity index (χ1) is 7.67. The van der Waals surface area contributed by atoms with Crippen LogP contribution in [0.1, 0.15) is 16.1 Å². The molecule has 2 aromatic rings. The van der Waals surface area contributed by atoms with Crippen molar-refractivity contribution in [3.05, 3.63) is 45.9 Å². The second kappa shape index (κ2) is 4.52. The van der Waals surface area contributed by atoms with E-state index in [0.29, 0.717) is 17.3 Å². The molecule has 6 heteroatoms. The van der Waals surface area contributed by atoms with Gasteiger partial charge in [0.05, 0.1) is 12.7 Å². The van der Waals surface area contributed by atoms with Gasteiger partial charge in [0.25, 0.3) is 0 Å². The molecule has 0 unspecified atom stereocenters. The Morgan fingerprint density at radius 3 is 2.88 bits per heavy atom. The summed E-state index contributed by atoms with van der Waals surface area (Å²) in [6.45, 7) is 0.372. The highest BCUT2D eigenvalue weighted by Gasteiger charge is 2.03. The lowest BCUT2D eigenvalue weighted by molar-refractivity contribution is 0.111. The zero-order valence-corrected chi connectivity index (χ0v) is 9.69. The summed E-state index contributed by atoms with van der Waals surface area (Å²) in [7, 11) is 0. The highest BCUT2D eigenvalue weighted by molar-refractivity contribution is 9.10. The molecule has 0 fully saturated rings. The van der Waals surface area contributed by atoms with Crippen LogP contribution in [0.5, 0.6) is 0 Å². The predicted molar refractivity (Wildman–Crippen MR) is 58.6 cm³/mol. The third-order valence-electron chi connectivity index (χ3n) is 1.94. The monoisotopic (exact) mass is 283 g/mol. The van der Waals surface area contributed by atoms with Gasteiger partial charge in [0.1, 0.15) is 11.5 Å². The summed E-state index contributed by atoms with van der Waals surface area (Å²) in [6.07, 6.45) is 2.12. The first-order valence-corrected chi connectivity index (χ1v) is 5.27. The number of halogens is 2. The summed E-state index contributed by atoms with van der Waals surface area (Å²) < 4.78 is 15.2. The average Bonchev–Trinajstić information content (AvgIpc) is 2.64. The number of carbonyl (C=O) groups excluding carboxylic acids is 1. The number of hydrogen-bond donors (Lipinski definition) is 0. The van der Waals surface area contributed by atoms with Crippen LogP contribution in [0, 0.1) is 5.82 Å². The third-order valence-corrected chi connectivity index (χ3v) is 2.40. The molecule has 16 heavy (non-hydrogen) atoms. The van der Waals surface area contributed by atoms with Gasteiger partial charge in [0.2, 0.25) is 0 Å². The maximum Gasteiger partial charge on any atom is 0.171 e. The van der Waals surface area contributed by atoms with Crippen molar-refractivity contribution >= 4 is 22.2 Å². The molecular formula is C10H7BrFN3O. The van der Waals surface area contributed by atoms with Crippen molar-refractivity contribution in [1.82, 2.24) is 15.0 Å². The van der Waals surface area contributed by atoms with E-state index < -0.39 is 0 Å². The maximum absolute atomic E-state index is 13.1. The lowest BCUT2D eigenvalue weighted by Gasteiger charge is -2.02. The maximum atomic E-state index is 13.1. The van der Waals surface area contributed by atoms with Crippen molar-refractivity contribution < 1.29 is 9.18 Å². The Balaban J connectivity index is 2.22. The molecule has 0 aliphatic carbocycles. The first kappa shape index (κ1) is 10.9. The van der Waals surface area contributed by atoms with Gasteiger partial charge in [-0.05, 0) is 23.8 Å². The van der Waals surface area contributed by atoms with Crippen LogP contribution >= 0.6 is 15.9 Å². The Hall–Kier alpha value is -1.56. The van der Waals surface area contributed by atoms with E-state index in [2.05, 4.69) is 26.2 Å². The van der Waals surface area contributed by atoms with E-state index >= 15 is 0 Å². The molecule has 0 spiro atoms. The van der Waals surface area contributed by atoms with E-state index in [9.17, 15) is 9.18 Å². The summed E-state index contributed by atoms with van der Waals surface area (Å²) in [5.41, 5.74) is 1.00. The van der Waals surface area contributed by atoms with E-state index in [4.69, 9.17) is 0 Å². The normalized spacial score (nSPS) is 10.4. The molecule has 1 aromatic carbocycles. The lowest BCUT2D eigenvalue weighted by Crippen LogP contribution is -2.00. The van der Waals surface area contributed by atoms with Crippen molar-refractivity contribution in [2.75, 3.05) is 0 Å². The minimum absolute atomic E-state index is 0.260. The van der Waals surface area contributed by atoms with Gasteiger partial charge in [0, 0.05) is 4.47 Å². The van der Waals surface area contributed by atoms with Crippen LogP contribution < -0.4 is 0 Å². The van der Waals surface area contributed by atoms with Gasteiger partial charge in [-0.2, -0.15) is 0 Å². The predicted octanol–water partition coefficient (Wildman–Crippen LogP) is 2.04. The van der Waals surface area contributed by atoms with Gasteiger partial charge in [-0.25, -0.2) is 9.07 Å². The van der Waals surface area contributed by atoms with Crippen molar-refractivity contribution in [3.8, 4) is 0 Å². The summed E-state index contributed by atoms with van der Waals surface area (Å²) in [4.78, 5) is 10.4. The SMILES string of the molecule is O=Cc1cn(Cc2cc(F)cc(Br)c2)nn1. The van der Waals surface area contributed by atoms with Gasteiger partial charge in [-0.15, -0.1) is 5.10 Å². The Morgan fingerprint density at radius 2 is 2.25 bits per heavy atom. The number of nitrogens with zero attached hydrogens (tertiary/aromatic N) is 3. The molecule has 0 aliphatic rings. The van der Waals surface area contributed by atoms with Crippen LogP contribution in [0.3, 0.4) is 0 Å². The van der Waals surface area contributed by atoms with E-state index in [1.54, 1.807) is 6.07 Å². The standard InChI is InChI=1S/C10H7BrFN3O/c11-8-1-7(2-9(12)3-8)4-15-5-10(6-16)13-14-15/h1-3,5-6H,4H2. The van der Waals surface area contributed by atoms with Crippen molar-refractivity contribution in [2.24, 2.45) is 0 Å². The largest absolute Gasteiger partial charge is 0.296 e. The van der Waals surface area contributed by atoms with Gasteiger partial charge in [0.15, 0.2) is 6.29 Å². The van der Waals surface area contributed by atoms with Crippen molar-refractivity contribution in [1.29, 1.82) is 0 Å². The topological polar surface area (TPSA) is 47.8 Å². The Morgan fingerprint density at radius 1 is 1.44 bits per heavy atom. The molecule has 0 radical (unpaired) electrons. The third kappa shape index (κ3) is 2.52. The van der Waals surface area contributed by atoms with Gasteiger partial charge in [-0.3, -0.25) is 4.79 Å². The summed E-state index contributed by atoms with van der Waals surface area (Å²) in [5, 5.41) is 7.35. The molecule has 1 heterocycles. The lowest BCUT2D eigenvalue weighted by atomic mass is 10.2. The van der Waals surface area contributed by atoms with Crippen LogP contribution in [0.4, 0.5) is 4.39 Å². The number of benzene rings is 1. The molecule has 1 aromatic heterocycles. The first-order valence-electron chi connectivity index (χ1n) is 4.47. The molecule has 0 atom stereocenters. The van der Waals surface area contributed by atoms with Crippen molar-refractivity contribution in [2.45, 2.75) is 6.54 Å². The molecular weight excluding hydrogens is 277 g/mol. The van der Waals surface area contributed by atoms with E-state index in [1.807, 2.05) is 0 Å². The molecule has 0 saturated carbocycles. The average molecular weight is 284 g/mol. The quantitative estimate of drug-likeness (QED) is 0.810. The molecule has 2 rings (SSSR count). The van der Waals surface area contributed by atoms with Crippen LogP contribution in [-0.4, -0.2) is 21.3 Å².